The molecule has 8 nitrogen and oxygen atoms in total. The lowest BCUT2D eigenvalue weighted by atomic mass is 10.1. The van der Waals surface area contributed by atoms with E-state index in [-0.39, 0.29) is 17.5 Å². The van der Waals surface area contributed by atoms with Gasteiger partial charge in [-0.3, -0.25) is 24.0 Å². The van der Waals surface area contributed by atoms with Crippen LogP contribution in [0.25, 0.3) is 15.9 Å². The minimum atomic E-state index is -0.421. The number of nitrogens with zero attached hydrogens (tertiary/aromatic N) is 5. The van der Waals surface area contributed by atoms with E-state index < -0.39 is 5.91 Å². The van der Waals surface area contributed by atoms with Crippen LogP contribution < -0.4 is 15.6 Å². The van der Waals surface area contributed by atoms with E-state index in [1.165, 1.54) is 11.3 Å². The zero-order chi connectivity index (χ0) is 24.4. The minimum absolute atomic E-state index is 0.140. The highest BCUT2D eigenvalue weighted by molar-refractivity contribution is 7.18. The number of aryl methyl sites for hydroxylation is 3. The Morgan fingerprint density at radius 3 is 2.62 bits per heavy atom. The van der Waals surface area contributed by atoms with Crippen molar-refractivity contribution in [2.24, 2.45) is 0 Å². The second-order valence-electron chi connectivity index (χ2n) is 8.39. The van der Waals surface area contributed by atoms with Gasteiger partial charge in [0.15, 0.2) is 5.65 Å². The highest BCUT2D eigenvalue weighted by Gasteiger charge is 2.23. The number of pyridine rings is 2. The summed E-state index contributed by atoms with van der Waals surface area (Å²) in [7, 11) is 0. The molecule has 0 saturated carbocycles. The summed E-state index contributed by atoms with van der Waals surface area (Å²) in [5, 5.41) is 3.29. The summed E-state index contributed by atoms with van der Waals surface area (Å²) in [6.45, 7) is 12.1. The van der Waals surface area contributed by atoms with Gasteiger partial charge in [-0.2, -0.15) is 0 Å². The van der Waals surface area contributed by atoms with Crippen LogP contribution in [0.5, 0.6) is 0 Å². The number of nitrogens with one attached hydrogen (secondary N) is 1. The molecule has 4 aromatic rings. The van der Waals surface area contributed by atoms with Crippen LogP contribution >= 0.6 is 11.3 Å². The third kappa shape index (κ3) is 4.40. The lowest BCUT2D eigenvalue weighted by molar-refractivity contribution is 0.0951. The standard InChI is InChI=1S/C25H30N6O2S/c1-6-8-11-30(7-2)20-10-9-19-22(32)21(24(33)28-14-18-13-26-15(3)12-27-18)25-31(23(19)29-20)16(4)17(5)34-25/h9-10,12-13H,6-8,11,14H2,1-5H3,(H,28,33). The molecule has 0 saturated heterocycles. The summed E-state index contributed by atoms with van der Waals surface area (Å²) < 4.78 is 1.95. The number of carbonyl (C=O) groups excluding carboxylic acids is 1. The van der Waals surface area contributed by atoms with Crippen molar-refractivity contribution in [1.82, 2.24) is 24.7 Å². The summed E-state index contributed by atoms with van der Waals surface area (Å²) in [4.78, 5) is 44.0. The monoisotopic (exact) mass is 478 g/mol. The van der Waals surface area contributed by atoms with Gasteiger partial charge in [0.1, 0.15) is 16.2 Å². The van der Waals surface area contributed by atoms with Gasteiger partial charge in [0.05, 0.1) is 29.5 Å². The van der Waals surface area contributed by atoms with Crippen LogP contribution in [0.1, 0.15) is 59.0 Å². The number of rotatable bonds is 8. The smallest absolute Gasteiger partial charge is 0.258 e. The van der Waals surface area contributed by atoms with E-state index in [1.807, 2.05) is 31.2 Å². The van der Waals surface area contributed by atoms with Crippen LogP contribution in [0.4, 0.5) is 5.82 Å². The molecular weight excluding hydrogens is 448 g/mol. The van der Waals surface area contributed by atoms with Crippen LogP contribution in [0.15, 0.2) is 29.3 Å². The molecule has 0 fully saturated rings. The molecule has 0 aliphatic carbocycles. The average Bonchev–Trinajstić information content (AvgIpc) is 3.13. The second-order valence-corrected chi connectivity index (χ2v) is 9.60. The van der Waals surface area contributed by atoms with Gasteiger partial charge in [-0.1, -0.05) is 13.3 Å². The fraction of sp³-hybridized carbons (Fsp3) is 0.400. The summed E-state index contributed by atoms with van der Waals surface area (Å²) in [6, 6.07) is 3.68. The summed E-state index contributed by atoms with van der Waals surface area (Å²) in [6.07, 6.45) is 5.45. The van der Waals surface area contributed by atoms with Crippen LogP contribution in [0.3, 0.4) is 0 Å². The number of anilines is 1. The lowest BCUT2D eigenvalue weighted by Crippen LogP contribution is -2.30. The van der Waals surface area contributed by atoms with Gasteiger partial charge in [0.2, 0.25) is 5.43 Å². The molecule has 4 aromatic heterocycles. The van der Waals surface area contributed by atoms with Crippen molar-refractivity contribution in [3.63, 3.8) is 0 Å². The topological polar surface area (TPSA) is 92.5 Å². The Balaban J connectivity index is 1.81. The van der Waals surface area contributed by atoms with E-state index in [1.54, 1.807) is 18.5 Å². The van der Waals surface area contributed by atoms with E-state index in [2.05, 4.69) is 34.0 Å². The molecule has 0 aliphatic rings. The quantitative estimate of drug-likeness (QED) is 0.408. The molecule has 178 valence electrons. The zero-order valence-corrected chi connectivity index (χ0v) is 21.1. The molecule has 4 rings (SSSR count). The number of amides is 1. The number of thiazole rings is 1. The fourth-order valence-electron chi connectivity index (χ4n) is 3.94. The first kappa shape index (κ1) is 23.8. The maximum Gasteiger partial charge on any atom is 0.258 e. The molecule has 1 N–H and O–H groups in total. The molecular formula is C25H30N6O2S. The first-order valence-electron chi connectivity index (χ1n) is 11.6. The van der Waals surface area contributed by atoms with Gasteiger partial charge in [-0.25, -0.2) is 4.98 Å². The molecule has 0 atom stereocenters. The molecule has 9 heteroatoms. The Labute approximate surface area is 202 Å². The second kappa shape index (κ2) is 9.89. The number of hydrogen-bond donors (Lipinski definition) is 1. The van der Waals surface area contributed by atoms with Crippen LogP contribution in [-0.4, -0.2) is 38.3 Å². The third-order valence-corrected chi connectivity index (χ3v) is 7.22. The SMILES string of the molecule is CCCCN(CC)c1ccc2c(=O)c(C(=O)NCc3cnc(C)cn3)c3sc(C)c(C)n3c2n1. The molecule has 0 bridgehead atoms. The maximum atomic E-state index is 13.5. The molecule has 0 aromatic carbocycles. The zero-order valence-electron chi connectivity index (χ0n) is 20.3. The highest BCUT2D eigenvalue weighted by Crippen LogP contribution is 2.28. The normalized spacial score (nSPS) is 11.3. The Hall–Kier alpha value is -3.33. The molecule has 0 spiro atoms. The van der Waals surface area contributed by atoms with Crippen molar-refractivity contribution in [2.45, 2.75) is 54.0 Å². The van der Waals surface area contributed by atoms with Crippen molar-refractivity contribution in [2.75, 3.05) is 18.0 Å². The summed E-state index contributed by atoms with van der Waals surface area (Å²) in [5.74, 6) is 0.422. The van der Waals surface area contributed by atoms with Crippen molar-refractivity contribution >= 4 is 38.9 Å². The van der Waals surface area contributed by atoms with Crippen LogP contribution in [0, 0.1) is 20.8 Å². The molecule has 34 heavy (non-hydrogen) atoms. The largest absolute Gasteiger partial charge is 0.357 e. The van der Waals surface area contributed by atoms with Gasteiger partial charge in [-0.05, 0) is 46.2 Å². The van der Waals surface area contributed by atoms with E-state index in [9.17, 15) is 9.59 Å². The Bertz CT molecular complexity index is 1410. The first-order valence-corrected chi connectivity index (χ1v) is 12.4. The predicted molar refractivity (Wildman–Crippen MR) is 137 cm³/mol. The Morgan fingerprint density at radius 1 is 1.15 bits per heavy atom. The van der Waals surface area contributed by atoms with Crippen molar-refractivity contribution in [1.29, 1.82) is 0 Å². The Morgan fingerprint density at radius 2 is 1.94 bits per heavy atom. The van der Waals surface area contributed by atoms with Crippen molar-refractivity contribution in [3.8, 4) is 0 Å². The fourth-order valence-corrected chi connectivity index (χ4v) is 5.07. The van der Waals surface area contributed by atoms with Crippen molar-refractivity contribution in [3.05, 3.63) is 62.3 Å². The third-order valence-electron chi connectivity index (χ3n) is 6.03. The van der Waals surface area contributed by atoms with Crippen LogP contribution in [-0.2, 0) is 6.54 Å². The number of hydrogen-bond acceptors (Lipinski definition) is 7. The first-order chi connectivity index (χ1) is 16.3. The summed E-state index contributed by atoms with van der Waals surface area (Å²) in [5.41, 5.74) is 2.84. The van der Waals surface area contributed by atoms with E-state index in [4.69, 9.17) is 4.98 Å². The van der Waals surface area contributed by atoms with Crippen LogP contribution in [0.2, 0.25) is 0 Å². The molecule has 1 amide bonds. The predicted octanol–water partition coefficient (Wildman–Crippen LogP) is 4.18. The van der Waals surface area contributed by atoms with Gasteiger partial charge in [0, 0.05) is 29.9 Å². The number of unbranched alkanes of at least 4 members (excludes halogenated alkanes) is 1. The van der Waals surface area contributed by atoms with E-state index in [0.717, 1.165) is 48.0 Å². The van der Waals surface area contributed by atoms with Gasteiger partial charge < -0.3 is 10.2 Å². The van der Waals surface area contributed by atoms with E-state index in [0.29, 0.717) is 21.6 Å². The number of carbonyl (C=O) groups is 1. The van der Waals surface area contributed by atoms with E-state index >= 15 is 0 Å². The molecule has 0 radical (unpaired) electrons. The highest BCUT2D eigenvalue weighted by atomic mass is 32.1. The maximum absolute atomic E-state index is 13.5. The molecule has 0 unspecified atom stereocenters. The Kier molecular flexibility index (Phi) is 6.92. The molecule has 4 heterocycles. The van der Waals surface area contributed by atoms with Gasteiger partial charge >= 0.3 is 0 Å². The molecule has 0 aliphatic heterocycles. The lowest BCUT2D eigenvalue weighted by Gasteiger charge is -2.22. The van der Waals surface area contributed by atoms with Gasteiger partial charge in [0.25, 0.3) is 5.91 Å². The summed E-state index contributed by atoms with van der Waals surface area (Å²) >= 11 is 1.44. The van der Waals surface area contributed by atoms with Gasteiger partial charge in [-0.15, -0.1) is 11.3 Å². The minimum Gasteiger partial charge on any atom is -0.357 e. The van der Waals surface area contributed by atoms with Crippen molar-refractivity contribution < 1.29 is 4.79 Å². The average molecular weight is 479 g/mol. The number of fused-ring (bicyclic) bond motifs is 3. The number of aromatic nitrogens is 4.